The van der Waals surface area contributed by atoms with Gasteiger partial charge in [-0.1, -0.05) is 35.0 Å². The molecule has 2 aliphatic heterocycles. The minimum absolute atomic E-state index is 0.323. The molecule has 2 aliphatic rings. The zero-order valence-corrected chi connectivity index (χ0v) is 20.1. The van der Waals surface area contributed by atoms with Gasteiger partial charge in [0.25, 0.3) is 0 Å². The fraction of sp³-hybridized carbons (Fsp3) is 0.423. The molecule has 2 aromatic carbocycles. The van der Waals surface area contributed by atoms with Crippen molar-refractivity contribution in [1.29, 1.82) is 0 Å². The minimum Gasteiger partial charge on any atom is -0.304 e. The van der Waals surface area contributed by atoms with E-state index in [1.807, 2.05) is 13.0 Å². The Hall–Kier alpha value is -2.61. The number of piperidine rings is 1. The highest BCUT2D eigenvalue weighted by Crippen LogP contribution is 2.30. The second-order valence-electron chi connectivity index (χ2n) is 9.45. The summed E-state index contributed by atoms with van der Waals surface area (Å²) in [5.41, 5.74) is 4.16. The number of hydrogen-bond acceptors (Lipinski definition) is 5. The number of benzene rings is 2. The van der Waals surface area contributed by atoms with E-state index in [1.54, 1.807) is 16.8 Å². The molecule has 0 spiro atoms. The molecule has 1 aromatic heterocycles. The number of aldehydes is 1. The number of hydrogen-bond donors (Lipinski definition) is 1. The molecule has 3 aromatic rings. The molecular weight excluding hydrogens is 453 g/mol. The van der Waals surface area contributed by atoms with Gasteiger partial charge in [-0.2, -0.15) is 0 Å². The van der Waals surface area contributed by atoms with E-state index < -0.39 is 5.54 Å². The second-order valence-corrected chi connectivity index (χ2v) is 9.89. The molecule has 0 aliphatic carbocycles. The number of aromatic nitrogens is 3. The van der Waals surface area contributed by atoms with E-state index >= 15 is 0 Å². The van der Waals surface area contributed by atoms with E-state index in [9.17, 15) is 9.18 Å². The van der Waals surface area contributed by atoms with Gasteiger partial charge in [-0.25, -0.2) is 9.07 Å². The first-order valence-corrected chi connectivity index (χ1v) is 12.3. The highest BCUT2D eigenvalue weighted by Gasteiger charge is 2.33. The van der Waals surface area contributed by atoms with Gasteiger partial charge < -0.3 is 10.1 Å². The van der Waals surface area contributed by atoms with E-state index in [4.69, 9.17) is 11.6 Å². The van der Waals surface area contributed by atoms with Crippen molar-refractivity contribution in [2.24, 2.45) is 0 Å². The SMILES string of the molecule is CC(c1ccc(Cl)cc1F)n1nnc2ccc(C3=CCN(CC4(C=O)CCCCN4)CC3)cc21. The molecule has 0 radical (unpaired) electrons. The van der Waals surface area contributed by atoms with Crippen LogP contribution in [0, 0.1) is 5.82 Å². The molecule has 0 saturated carbocycles. The molecule has 1 saturated heterocycles. The van der Waals surface area contributed by atoms with E-state index in [-0.39, 0.29) is 11.9 Å². The molecule has 178 valence electrons. The van der Waals surface area contributed by atoms with Crippen LogP contribution >= 0.6 is 11.6 Å². The van der Waals surface area contributed by atoms with Crippen molar-refractivity contribution in [1.82, 2.24) is 25.2 Å². The van der Waals surface area contributed by atoms with Crippen molar-refractivity contribution in [2.75, 3.05) is 26.2 Å². The molecule has 2 unspecified atom stereocenters. The third-order valence-corrected chi connectivity index (χ3v) is 7.41. The highest BCUT2D eigenvalue weighted by molar-refractivity contribution is 6.30. The summed E-state index contributed by atoms with van der Waals surface area (Å²) < 4.78 is 16.3. The van der Waals surface area contributed by atoms with Crippen LogP contribution in [0.5, 0.6) is 0 Å². The van der Waals surface area contributed by atoms with Gasteiger partial charge >= 0.3 is 0 Å². The summed E-state index contributed by atoms with van der Waals surface area (Å²) in [7, 11) is 0. The Morgan fingerprint density at radius 1 is 1.26 bits per heavy atom. The van der Waals surface area contributed by atoms with Gasteiger partial charge in [-0.05, 0) is 74.6 Å². The molecule has 34 heavy (non-hydrogen) atoms. The summed E-state index contributed by atoms with van der Waals surface area (Å²) in [6.07, 6.45) is 7.41. The molecule has 0 bridgehead atoms. The van der Waals surface area contributed by atoms with Gasteiger partial charge in [0.2, 0.25) is 0 Å². The lowest BCUT2D eigenvalue weighted by Crippen LogP contribution is -2.57. The Balaban J connectivity index is 1.36. The Morgan fingerprint density at radius 2 is 2.15 bits per heavy atom. The van der Waals surface area contributed by atoms with Crippen molar-refractivity contribution >= 4 is 34.5 Å². The predicted octanol–water partition coefficient (Wildman–Crippen LogP) is 4.63. The van der Waals surface area contributed by atoms with Gasteiger partial charge in [0.15, 0.2) is 0 Å². The van der Waals surface area contributed by atoms with Crippen molar-refractivity contribution in [3.63, 3.8) is 0 Å². The monoisotopic (exact) mass is 481 g/mol. The molecule has 0 amide bonds. The minimum atomic E-state index is -0.409. The van der Waals surface area contributed by atoms with Crippen LogP contribution in [0.15, 0.2) is 42.5 Å². The quantitative estimate of drug-likeness (QED) is 0.520. The van der Waals surface area contributed by atoms with Crippen LogP contribution < -0.4 is 5.32 Å². The summed E-state index contributed by atoms with van der Waals surface area (Å²) in [5, 5.41) is 12.4. The van der Waals surface area contributed by atoms with Gasteiger partial charge in [0.05, 0.1) is 17.1 Å². The molecule has 5 rings (SSSR count). The van der Waals surface area contributed by atoms with Crippen molar-refractivity contribution < 1.29 is 9.18 Å². The predicted molar refractivity (Wildman–Crippen MR) is 132 cm³/mol. The fourth-order valence-corrected chi connectivity index (χ4v) is 5.33. The van der Waals surface area contributed by atoms with E-state index in [0.29, 0.717) is 10.6 Å². The first-order valence-electron chi connectivity index (χ1n) is 11.9. The van der Waals surface area contributed by atoms with Crippen molar-refractivity contribution in [2.45, 2.75) is 44.2 Å². The van der Waals surface area contributed by atoms with E-state index in [1.165, 1.54) is 11.6 Å². The summed E-state index contributed by atoms with van der Waals surface area (Å²) in [6.45, 7) is 5.29. The van der Waals surface area contributed by atoms with Crippen LogP contribution in [0.4, 0.5) is 4.39 Å². The third-order valence-electron chi connectivity index (χ3n) is 7.17. The summed E-state index contributed by atoms with van der Waals surface area (Å²) in [6, 6.07) is 10.5. The maximum absolute atomic E-state index is 14.5. The number of carbonyl (C=O) groups is 1. The Labute approximate surface area is 203 Å². The van der Waals surface area contributed by atoms with Crippen LogP contribution in [0.1, 0.15) is 49.8 Å². The van der Waals surface area contributed by atoms with Gasteiger partial charge in [0, 0.05) is 30.2 Å². The Kier molecular flexibility index (Phi) is 6.51. The third kappa shape index (κ3) is 4.52. The topological polar surface area (TPSA) is 63.1 Å². The largest absolute Gasteiger partial charge is 0.304 e. The first kappa shape index (κ1) is 23.1. The maximum atomic E-state index is 14.5. The molecule has 3 heterocycles. The highest BCUT2D eigenvalue weighted by atomic mass is 35.5. The number of nitrogens with one attached hydrogen (secondary N) is 1. The fourth-order valence-electron chi connectivity index (χ4n) is 5.17. The molecule has 8 heteroatoms. The number of nitrogens with zero attached hydrogens (tertiary/aromatic N) is 4. The molecule has 1 N–H and O–H groups in total. The Morgan fingerprint density at radius 3 is 2.85 bits per heavy atom. The van der Waals surface area contributed by atoms with E-state index in [2.05, 4.69) is 38.7 Å². The summed E-state index contributed by atoms with van der Waals surface area (Å²) in [4.78, 5) is 14.2. The summed E-state index contributed by atoms with van der Waals surface area (Å²) >= 11 is 5.92. The van der Waals surface area contributed by atoms with E-state index in [0.717, 1.165) is 74.7 Å². The van der Waals surface area contributed by atoms with Gasteiger partial charge in [-0.15, -0.1) is 5.10 Å². The molecule has 6 nitrogen and oxygen atoms in total. The molecule has 1 fully saturated rings. The number of halogens is 2. The van der Waals surface area contributed by atoms with Gasteiger partial charge in [-0.3, -0.25) is 4.90 Å². The first-order chi connectivity index (χ1) is 16.5. The lowest BCUT2D eigenvalue weighted by molar-refractivity contribution is -0.115. The van der Waals surface area contributed by atoms with Crippen molar-refractivity contribution in [3.05, 3.63) is 64.4 Å². The zero-order chi connectivity index (χ0) is 23.7. The number of carbonyl (C=O) groups excluding carboxylic acids is 1. The van der Waals surface area contributed by atoms with Crippen LogP contribution in [0.2, 0.25) is 5.02 Å². The van der Waals surface area contributed by atoms with Crippen LogP contribution in [-0.4, -0.2) is 57.9 Å². The van der Waals surface area contributed by atoms with Crippen LogP contribution in [0.3, 0.4) is 0 Å². The number of rotatable bonds is 6. The van der Waals surface area contributed by atoms with Gasteiger partial charge in [0.1, 0.15) is 17.6 Å². The molecular formula is C26H29ClFN5O. The summed E-state index contributed by atoms with van der Waals surface area (Å²) in [5.74, 6) is -0.351. The second kappa shape index (κ2) is 9.56. The maximum Gasteiger partial charge on any atom is 0.141 e. The number of fused-ring (bicyclic) bond motifs is 1. The average Bonchev–Trinajstić information content (AvgIpc) is 3.28. The lowest BCUT2D eigenvalue weighted by Gasteiger charge is -2.39. The molecule has 2 atom stereocenters. The van der Waals surface area contributed by atoms with Crippen LogP contribution in [0.25, 0.3) is 16.6 Å². The smallest absolute Gasteiger partial charge is 0.141 e. The normalized spacial score (nSPS) is 22.5. The Bertz CT molecular complexity index is 1230. The average molecular weight is 482 g/mol. The van der Waals surface area contributed by atoms with Crippen LogP contribution in [-0.2, 0) is 4.79 Å². The standard InChI is InChI=1S/C26H29ClFN5O/c1-18(22-6-5-21(27)15-23(22)28)33-25-14-20(4-7-24(25)30-31-33)19-8-12-32(13-9-19)16-26(17-34)10-2-3-11-29-26/h4-8,14-15,17-18,29H,2-3,9-13,16H2,1H3. The van der Waals surface area contributed by atoms with Crippen molar-refractivity contribution in [3.8, 4) is 0 Å². The lowest BCUT2D eigenvalue weighted by atomic mass is 9.89. The zero-order valence-electron chi connectivity index (χ0n) is 19.3.